The van der Waals surface area contributed by atoms with Crippen molar-refractivity contribution >= 4 is 27.5 Å². The van der Waals surface area contributed by atoms with Crippen LogP contribution in [0.15, 0.2) is 23.1 Å². The summed E-state index contributed by atoms with van der Waals surface area (Å²) in [6.07, 6.45) is 3.96. The van der Waals surface area contributed by atoms with Crippen LogP contribution in [0.2, 0.25) is 0 Å². The smallest absolute Gasteiger partial charge is 0.262 e. The van der Waals surface area contributed by atoms with E-state index >= 15 is 0 Å². The van der Waals surface area contributed by atoms with Gasteiger partial charge < -0.3 is 15.8 Å². The van der Waals surface area contributed by atoms with Gasteiger partial charge in [0, 0.05) is 13.1 Å². The number of fused-ring (bicyclic) bond motifs is 1. The van der Waals surface area contributed by atoms with Crippen LogP contribution in [-0.4, -0.2) is 67.8 Å². The van der Waals surface area contributed by atoms with Crippen molar-refractivity contribution in [3.05, 3.63) is 18.2 Å². The number of nitrogens with one attached hydrogen (secondary N) is 1. The summed E-state index contributed by atoms with van der Waals surface area (Å²) in [5, 5.41) is 2.63. The first-order valence-corrected chi connectivity index (χ1v) is 11.4. The normalized spacial score (nSPS) is 23.0. The summed E-state index contributed by atoms with van der Waals surface area (Å²) in [6, 6.07) is 4.45. The van der Waals surface area contributed by atoms with Gasteiger partial charge in [-0.2, -0.15) is 4.31 Å². The number of hydrogen-bond donors (Lipinski definition) is 2. The van der Waals surface area contributed by atoms with Crippen LogP contribution >= 0.6 is 0 Å². The molecule has 4 rings (SSSR count). The van der Waals surface area contributed by atoms with E-state index in [2.05, 4.69) is 10.2 Å². The number of ether oxygens (including phenoxy) is 1. The van der Waals surface area contributed by atoms with E-state index in [-0.39, 0.29) is 36.4 Å². The van der Waals surface area contributed by atoms with Crippen LogP contribution < -0.4 is 15.8 Å². The number of sulfonamides is 1. The number of hydrogen-bond acceptors (Lipinski definition) is 6. The largest absolute Gasteiger partial charge is 0.482 e. The summed E-state index contributed by atoms with van der Waals surface area (Å²) >= 11 is 0. The number of likely N-dealkylation sites (tertiary alicyclic amines) is 1. The van der Waals surface area contributed by atoms with Crippen LogP contribution in [0.4, 0.5) is 5.69 Å². The van der Waals surface area contributed by atoms with Crippen LogP contribution in [0.25, 0.3) is 0 Å². The summed E-state index contributed by atoms with van der Waals surface area (Å²) in [6.45, 7) is 2.00. The molecule has 3 N–H and O–H groups in total. The minimum absolute atomic E-state index is 0.0864. The van der Waals surface area contributed by atoms with E-state index in [1.54, 1.807) is 6.07 Å². The van der Waals surface area contributed by atoms with Gasteiger partial charge in [0.25, 0.3) is 5.91 Å². The lowest BCUT2D eigenvalue weighted by molar-refractivity contribution is -0.134. The van der Waals surface area contributed by atoms with Gasteiger partial charge in [-0.1, -0.05) is 6.42 Å². The molecular formula is C19H26N4O5S. The van der Waals surface area contributed by atoms with Crippen LogP contribution in [0.3, 0.4) is 0 Å². The lowest BCUT2D eigenvalue weighted by Crippen LogP contribution is -2.63. The number of nitrogens with two attached hydrogens (primary N) is 1. The second kappa shape index (κ2) is 7.58. The highest BCUT2D eigenvalue weighted by Gasteiger charge is 2.47. The summed E-state index contributed by atoms with van der Waals surface area (Å²) in [4.78, 5) is 26.1. The molecule has 1 aromatic rings. The van der Waals surface area contributed by atoms with Gasteiger partial charge in [0.15, 0.2) is 6.61 Å². The fourth-order valence-corrected chi connectivity index (χ4v) is 5.98. The molecular weight excluding hydrogens is 396 g/mol. The Morgan fingerprint density at radius 2 is 1.79 bits per heavy atom. The zero-order valence-electron chi connectivity index (χ0n) is 16.2. The van der Waals surface area contributed by atoms with Crippen LogP contribution in [0.5, 0.6) is 5.75 Å². The topological polar surface area (TPSA) is 122 Å². The third-order valence-corrected chi connectivity index (χ3v) is 8.09. The van der Waals surface area contributed by atoms with Gasteiger partial charge in [-0.05, 0) is 57.0 Å². The number of rotatable bonds is 4. The summed E-state index contributed by atoms with van der Waals surface area (Å²) < 4.78 is 33.0. The number of benzene rings is 1. The van der Waals surface area contributed by atoms with E-state index < -0.39 is 15.6 Å². The van der Waals surface area contributed by atoms with E-state index in [9.17, 15) is 18.0 Å². The maximum atomic E-state index is 13.2. The van der Waals surface area contributed by atoms with Crippen LogP contribution in [0.1, 0.15) is 32.1 Å². The minimum Gasteiger partial charge on any atom is -0.482 e. The molecule has 0 radical (unpaired) electrons. The standard InChI is InChI=1S/C19H26N4O5S/c20-18(25)19(22-8-2-1-3-9-22)6-10-23(11-7-19)29(26,27)14-4-5-16-15(12-14)21-17(24)13-28-16/h4-5,12H,1-3,6-11,13H2,(H2,20,25)(H,21,24). The average molecular weight is 423 g/mol. The summed E-state index contributed by atoms with van der Waals surface area (Å²) in [5.41, 5.74) is 5.36. The average Bonchev–Trinajstić information content (AvgIpc) is 2.73. The Labute approximate surface area is 170 Å². The van der Waals surface area contributed by atoms with Gasteiger partial charge in [-0.3, -0.25) is 14.5 Å². The third kappa shape index (κ3) is 3.60. The lowest BCUT2D eigenvalue weighted by Gasteiger charge is -2.47. The number of primary amides is 1. The zero-order valence-corrected chi connectivity index (χ0v) is 17.0. The third-order valence-electron chi connectivity index (χ3n) is 6.19. The predicted molar refractivity (Wildman–Crippen MR) is 106 cm³/mol. The van der Waals surface area contributed by atoms with Crippen molar-refractivity contribution in [2.45, 2.75) is 42.5 Å². The predicted octanol–water partition coefficient (Wildman–Crippen LogP) is 0.512. The Bertz CT molecular complexity index is 919. The molecule has 10 heteroatoms. The summed E-state index contributed by atoms with van der Waals surface area (Å²) in [5.74, 6) is -0.247. The van der Waals surface area contributed by atoms with Crippen molar-refractivity contribution in [3.63, 3.8) is 0 Å². The SMILES string of the molecule is NC(=O)C1(N2CCCCC2)CCN(S(=O)(=O)c2ccc3c(c2)NC(=O)CO3)CC1. The Balaban J connectivity index is 1.53. The first-order valence-electron chi connectivity index (χ1n) is 9.95. The monoisotopic (exact) mass is 422 g/mol. The first kappa shape index (κ1) is 20.1. The van der Waals surface area contributed by atoms with Crippen molar-refractivity contribution in [1.82, 2.24) is 9.21 Å². The Kier molecular flexibility index (Phi) is 5.26. The van der Waals surface area contributed by atoms with Crippen molar-refractivity contribution in [1.29, 1.82) is 0 Å². The number of piperidine rings is 2. The maximum Gasteiger partial charge on any atom is 0.262 e. The lowest BCUT2D eigenvalue weighted by atomic mass is 9.84. The molecule has 0 spiro atoms. The fourth-order valence-electron chi connectivity index (χ4n) is 4.51. The minimum atomic E-state index is -3.76. The number of carbonyl (C=O) groups excluding carboxylic acids is 2. The van der Waals surface area contributed by atoms with E-state index in [0.29, 0.717) is 24.3 Å². The molecule has 29 heavy (non-hydrogen) atoms. The number of nitrogens with zero attached hydrogens (tertiary/aromatic N) is 2. The second-order valence-electron chi connectivity index (χ2n) is 7.84. The molecule has 0 aliphatic carbocycles. The molecule has 0 saturated carbocycles. The molecule has 3 aliphatic heterocycles. The van der Waals surface area contributed by atoms with Crippen molar-refractivity contribution in [3.8, 4) is 5.75 Å². The Morgan fingerprint density at radius 1 is 1.10 bits per heavy atom. The molecule has 158 valence electrons. The van der Waals surface area contributed by atoms with E-state index in [4.69, 9.17) is 10.5 Å². The molecule has 0 bridgehead atoms. The maximum absolute atomic E-state index is 13.2. The number of carbonyl (C=O) groups is 2. The van der Waals surface area contributed by atoms with Gasteiger partial charge in [0.05, 0.1) is 10.6 Å². The van der Waals surface area contributed by atoms with Gasteiger partial charge >= 0.3 is 0 Å². The summed E-state index contributed by atoms with van der Waals surface area (Å²) in [7, 11) is -3.76. The van der Waals surface area contributed by atoms with Crippen LogP contribution in [0, 0.1) is 0 Å². The van der Waals surface area contributed by atoms with Crippen molar-refractivity contribution in [2.24, 2.45) is 5.73 Å². The zero-order chi connectivity index (χ0) is 20.6. The first-order chi connectivity index (χ1) is 13.8. The molecule has 1 aromatic carbocycles. The highest BCUT2D eigenvalue weighted by molar-refractivity contribution is 7.89. The van der Waals surface area contributed by atoms with E-state index in [1.165, 1.54) is 16.4 Å². The molecule has 2 saturated heterocycles. The van der Waals surface area contributed by atoms with Crippen molar-refractivity contribution in [2.75, 3.05) is 38.1 Å². The highest BCUT2D eigenvalue weighted by Crippen LogP contribution is 2.35. The molecule has 3 aliphatic rings. The van der Waals surface area contributed by atoms with Crippen molar-refractivity contribution < 1.29 is 22.7 Å². The molecule has 0 unspecified atom stereocenters. The highest BCUT2D eigenvalue weighted by atomic mass is 32.2. The molecule has 3 heterocycles. The van der Waals surface area contributed by atoms with Gasteiger partial charge in [-0.25, -0.2) is 8.42 Å². The number of anilines is 1. The molecule has 0 atom stereocenters. The van der Waals surface area contributed by atoms with E-state index in [1.807, 2.05) is 0 Å². The Morgan fingerprint density at radius 3 is 2.45 bits per heavy atom. The Hall–Kier alpha value is -2.17. The molecule has 2 fully saturated rings. The van der Waals surface area contributed by atoms with E-state index in [0.717, 1.165) is 32.4 Å². The molecule has 2 amide bonds. The molecule has 9 nitrogen and oxygen atoms in total. The molecule has 0 aromatic heterocycles. The quantitative estimate of drug-likeness (QED) is 0.729. The van der Waals surface area contributed by atoms with Gasteiger partial charge in [0.2, 0.25) is 15.9 Å². The van der Waals surface area contributed by atoms with Crippen LogP contribution in [-0.2, 0) is 19.6 Å². The second-order valence-corrected chi connectivity index (χ2v) is 9.78. The fraction of sp³-hybridized carbons (Fsp3) is 0.579. The number of amides is 2. The van der Waals surface area contributed by atoms with Gasteiger partial charge in [-0.15, -0.1) is 0 Å². The van der Waals surface area contributed by atoms with Gasteiger partial charge in [0.1, 0.15) is 11.3 Å².